The van der Waals surface area contributed by atoms with Crippen molar-refractivity contribution >= 4 is 17.5 Å². The summed E-state index contributed by atoms with van der Waals surface area (Å²) in [6.07, 6.45) is 2.48. The number of aromatic amines is 1. The molecule has 4 rings (SSSR count). The van der Waals surface area contributed by atoms with Crippen LogP contribution < -0.4 is 10.1 Å². The van der Waals surface area contributed by atoms with Crippen LogP contribution in [0.25, 0.3) is 22.8 Å². The Bertz CT molecular complexity index is 967. The minimum absolute atomic E-state index is 0.0556. The second-order valence-corrected chi connectivity index (χ2v) is 6.10. The number of nitrogens with zero attached hydrogens (tertiary/aromatic N) is 2. The van der Waals surface area contributed by atoms with Crippen LogP contribution in [0.4, 0.5) is 0 Å². The Kier molecular flexibility index (Phi) is 3.89. The van der Waals surface area contributed by atoms with E-state index in [1.54, 1.807) is 25.4 Å². The fraction of sp³-hybridized carbons (Fsp3) is 0.167. The molecule has 7 heteroatoms. The number of carbonyl (C=O) groups excluding carboxylic acids is 1. The van der Waals surface area contributed by atoms with Gasteiger partial charge in [0.1, 0.15) is 5.75 Å². The molecule has 0 fully saturated rings. The van der Waals surface area contributed by atoms with Crippen LogP contribution in [-0.2, 0) is 6.42 Å². The lowest BCUT2D eigenvalue weighted by Gasteiger charge is -2.10. The third-order valence-corrected chi connectivity index (χ3v) is 4.44. The first-order valence-electron chi connectivity index (χ1n) is 7.83. The van der Waals surface area contributed by atoms with Crippen LogP contribution in [0.1, 0.15) is 16.1 Å². The smallest absolute Gasteiger partial charge is 0.253 e. The van der Waals surface area contributed by atoms with Crippen molar-refractivity contribution in [3.05, 3.63) is 52.8 Å². The summed E-state index contributed by atoms with van der Waals surface area (Å²) in [4.78, 5) is 24.1. The number of methoxy groups -OCH3 is 1. The van der Waals surface area contributed by atoms with Crippen molar-refractivity contribution in [2.45, 2.75) is 6.42 Å². The van der Waals surface area contributed by atoms with Crippen molar-refractivity contribution in [2.24, 2.45) is 0 Å². The van der Waals surface area contributed by atoms with Gasteiger partial charge in [0.05, 0.1) is 29.1 Å². The SMILES string of the molecule is COc1ccc(-c2nccc(-c3cc4c([nH]3)CCNC4=O)n2)cc1Cl. The fourth-order valence-electron chi connectivity index (χ4n) is 2.88. The molecule has 1 amide bonds. The Morgan fingerprint density at radius 2 is 2.12 bits per heavy atom. The Hall–Kier alpha value is -2.86. The van der Waals surface area contributed by atoms with Gasteiger partial charge in [-0.3, -0.25) is 4.79 Å². The second kappa shape index (κ2) is 6.22. The maximum Gasteiger partial charge on any atom is 0.253 e. The van der Waals surface area contributed by atoms with Gasteiger partial charge < -0.3 is 15.0 Å². The van der Waals surface area contributed by atoms with E-state index in [9.17, 15) is 4.79 Å². The maximum absolute atomic E-state index is 11.9. The predicted molar refractivity (Wildman–Crippen MR) is 94.9 cm³/mol. The molecule has 0 unspecified atom stereocenters. The topological polar surface area (TPSA) is 79.9 Å². The largest absolute Gasteiger partial charge is 0.495 e. The molecular weight excluding hydrogens is 340 g/mol. The summed E-state index contributed by atoms with van der Waals surface area (Å²) in [6, 6.07) is 9.05. The molecule has 25 heavy (non-hydrogen) atoms. The van der Waals surface area contributed by atoms with Gasteiger partial charge in [-0.15, -0.1) is 0 Å². The highest BCUT2D eigenvalue weighted by molar-refractivity contribution is 6.32. The van der Waals surface area contributed by atoms with Gasteiger partial charge >= 0.3 is 0 Å². The summed E-state index contributed by atoms with van der Waals surface area (Å²) in [6.45, 7) is 0.644. The number of H-pyrrole nitrogens is 1. The molecule has 2 aromatic heterocycles. The fourth-order valence-corrected chi connectivity index (χ4v) is 3.14. The van der Waals surface area contributed by atoms with Crippen LogP contribution in [0.2, 0.25) is 5.02 Å². The van der Waals surface area contributed by atoms with Gasteiger partial charge in [-0.05, 0) is 30.3 Å². The molecule has 0 atom stereocenters. The van der Waals surface area contributed by atoms with Crippen LogP contribution in [0.3, 0.4) is 0 Å². The summed E-state index contributed by atoms with van der Waals surface area (Å²) in [5, 5.41) is 3.34. The molecule has 126 valence electrons. The Balaban J connectivity index is 1.73. The molecule has 2 N–H and O–H groups in total. The van der Waals surface area contributed by atoms with Gasteiger partial charge in [-0.25, -0.2) is 9.97 Å². The quantitative estimate of drug-likeness (QED) is 0.757. The highest BCUT2D eigenvalue weighted by atomic mass is 35.5. The Labute approximate surface area is 149 Å². The lowest BCUT2D eigenvalue weighted by atomic mass is 10.1. The van der Waals surface area contributed by atoms with E-state index < -0.39 is 0 Å². The molecule has 3 heterocycles. The zero-order chi connectivity index (χ0) is 17.4. The Morgan fingerprint density at radius 1 is 1.24 bits per heavy atom. The molecular formula is C18H15ClN4O2. The number of amides is 1. The van der Waals surface area contributed by atoms with Crippen LogP contribution >= 0.6 is 11.6 Å². The van der Waals surface area contributed by atoms with E-state index >= 15 is 0 Å². The van der Waals surface area contributed by atoms with Gasteiger partial charge in [0.15, 0.2) is 5.82 Å². The van der Waals surface area contributed by atoms with Gasteiger partial charge in [0, 0.05) is 30.4 Å². The summed E-state index contributed by atoms with van der Waals surface area (Å²) >= 11 is 6.19. The molecule has 6 nitrogen and oxygen atoms in total. The first-order chi connectivity index (χ1) is 12.2. The van der Waals surface area contributed by atoms with Gasteiger partial charge in [-0.2, -0.15) is 0 Å². The van der Waals surface area contributed by atoms with Crippen molar-refractivity contribution in [1.82, 2.24) is 20.3 Å². The molecule has 0 aliphatic carbocycles. The number of ether oxygens (including phenoxy) is 1. The lowest BCUT2D eigenvalue weighted by molar-refractivity contribution is 0.0946. The monoisotopic (exact) mass is 354 g/mol. The van der Waals surface area contributed by atoms with Crippen molar-refractivity contribution in [3.63, 3.8) is 0 Å². The van der Waals surface area contributed by atoms with Crippen LogP contribution in [-0.4, -0.2) is 34.5 Å². The molecule has 0 radical (unpaired) electrons. The van der Waals surface area contributed by atoms with Crippen molar-refractivity contribution < 1.29 is 9.53 Å². The number of benzene rings is 1. The van der Waals surface area contributed by atoms with E-state index in [4.69, 9.17) is 16.3 Å². The molecule has 1 aromatic carbocycles. The number of fused-ring (bicyclic) bond motifs is 1. The summed E-state index contributed by atoms with van der Waals surface area (Å²) in [5.74, 6) is 1.10. The minimum atomic E-state index is -0.0556. The van der Waals surface area contributed by atoms with E-state index in [-0.39, 0.29) is 5.91 Å². The number of hydrogen-bond donors (Lipinski definition) is 2. The normalized spacial score (nSPS) is 13.3. The zero-order valence-corrected chi connectivity index (χ0v) is 14.2. The first-order valence-corrected chi connectivity index (χ1v) is 8.21. The molecule has 0 saturated heterocycles. The van der Waals surface area contributed by atoms with Crippen LogP contribution in [0, 0.1) is 0 Å². The maximum atomic E-state index is 11.9. The molecule has 0 saturated carbocycles. The third-order valence-electron chi connectivity index (χ3n) is 4.15. The van der Waals surface area contributed by atoms with Gasteiger partial charge in [0.2, 0.25) is 0 Å². The van der Waals surface area contributed by atoms with Gasteiger partial charge in [-0.1, -0.05) is 11.6 Å². The molecule has 3 aromatic rings. The number of carbonyl (C=O) groups is 1. The lowest BCUT2D eigenvalue weighted by Crippen LogP contribution is -2.31. The number of halogens is 1. The highest BCUT2D eigenvalue weighted by Crippen LogP contribution is 2.30. The molecule has 1 aliphatic heterocycles. The van der Waals surface area contributed by atoms with E-state index in [1.807, 2.05) is 18.2 Å². The van der Waals surface area contributed by atoms with E-state index in [0.717, 1.165) is 29.1 Å². The number of hydrogen-bond acceptors (Lipinski definition) is 4. The number of aromatic nitrogens is 3. The standard InChI is InChI=1S/C18H15ClN4O2/c1-25-16-3-2-10(8-12(16)19)17-20-6-5-14(23-17)15-9-11-13(22-15)4-7-21-18(11)24/h2-3,5-6,8-9,22H,4,7H2,1H3,(H,21,24). The summed E-state index contributed by atoms with van der Waals surface area (Å²) in [5.41, 5.74) is 3.92. The molecule has 0 spiro atoms. The molecule has 0 bridgehead atoms. The summed E-state index contributed by atoms with van der Waals surface area (Å²) in [7, 11) is 1.57. The molecule has 1 aliphatic rings. The van der Waals surface area contributed by atoms with Crippen molar-refractivity contribution in [2.75, 3.05) is 13.7 Å². The second-order valence-electron chi connectivity index (χ2n) is 5.70. The van der Waals surface area contributed by atoms with Crippen molar-refractivity contribution in [3.8, 4) is 28.5 Å². The Morgan fingerprint density at radius 3 is 2.88 bits per heavy atom. The van der Waals surface area contributed by atoms with E-state index in [0.29, 0.717) is 28.7 Å². The highest BCUT2D eigenvalue weighted by Gasteiger charge is 2.20. The van der Waals surface area contributed by atoms with Crippen molar-refractivity contribution in [1.29, 1.82) is 0 Å². The average Bonchev–Trinajstić information content (AvgIpc) is 3.07. The van der Waals surface area contributed by atoms with E-state index in [1.165, 1.54) is 0 Å². The first kappa shape index (κ1) is 15.7. The number of nitrogens with one attached hydrogen (secondary N) is 2. The predicted octanol–water partition coefficient (Wildman–Crippen LogP) is 3.09. The number of rotatable bonds is 3. The minimum Gasteiger partial charge on any atom is -0.495 e. The average molecular weight is 355 g/mol. The summed E-state index contributed by atoms with van der Waals surface area (Å²) < 4.78 is 5.17. The third kappa shape index (κ3) is 2.85. The van der Waals surface area contributed by atoms with Gasteiger partial charge in [0.25, 0.3) is 5.91 Å². The zero-order valence-electron chi connectivity index (χ0n) is 13.5. The van der Waals surface area contributed by atoms with E-state index in [2.05, 4.69) is 20.3 Å². The van der Waals surface area contributed by atoms with Crippen LogP contribution in [0.15, 0.2) is 36.5 Å². The van der Waals surface area contributed by atoms with Crippen LogP contribution in [0.5, 0.6) is 5.75 Å².